The van der Waals surface area contributed by atoms with Crippen molar-refractivity contribution in [2.75, 3.05) is 0 Å². The monoisotopic (exact) mass is 256 g/mol. The summed E-state index contributed by atoms with van der Waals surface area (Å²) in [6, 6.07) is 11.5. The van der Waals surface area contributed by atoms with Crippen LogP contribution in [-0.4, -0.2) is 11.9 Å². The number of rotatable bonds is 4. The van der Waals surface area contributed by atoms with Crippen molar-refractivity contribution in [2.24, 2.45) is 0 Å². The van der Waals surface area contributed by atoms with Crippen molar-refractivity contribution in [1.82, 2.24) is 5.32 Å². The Labute approximate surface area is 109 Å². The molecule has 5 nitrogen and oxygen atoms in total. The van der Waals surface area contributed by atoms with Crippen LogP contribution in [0.25, 0.3) is 6.08 Å². The fourth-order valence-corrected chi connectivity index (χ4v) is 1.45. The highest BCUT2D eigenvalue weighted by Gasteiger charge is 2.08. The van der Waals surface area contributed by atoms with E-state index >= 15 is 0 Å². The molecule has 2 rings (SSSR count). The molecule has 1 aromatic carbocycles. The normalized spacial score (nSPS) is 11.1. The number of hydrogen-bond acceptors (Lipinski definition) is 4. The van der Waals surface area contributed by atoms with Crippen LogP contribution in [0.1, 0.15) is 16.1 Å². The average Bonchev–Trinajstić information content (AvgIpc) is 2.91. The van der Waals surface area contributed by atoms with Crippen LogP contribution in [0.3, 0.4) is 0 Å². The first-order valence-corrected chi connectivity index (χ1v) is 5.50. The summed E-state index contributed by atoms with van der Waals surface area (Å²) in [5.41, 5.74) is -0.00195. The van der Waals surface area contributed by atoms with Gasteiger partial charge in [0.05, 0.1) is 17.9 Å². The van der Waals surface area contributed by atoms with Crippen LogP contribution in [0.5, 0.6) is 0 Å². The second-order valence-electron chi connectivity index (χ2n) is 3.68. The molecule has 19 heavy (non-hydrogen) atoms. The lowest BCUT2D eigenvalue weighted by Crippen LogP contribution is -2.35. The molecule has 0 saturated carbocycles. The van der Waals surface area contributed by atoms with Gasteiger partial charge in [0.25, 0.3) is 5.91 Å². The zero-order valence-corrected chi connectivity index (χ0v) is 9.83. The minimum atomic E-state index is -1.49. The lowest BCUT2D eigenvalue weighted by molar-refractivity contribution is -0.299. The zero-order valence-electron chi connectivity index (χ0n) is 9.83. The molecule has 0 radical (unpaired) electrons. The molecule has 0 unspecified atom stereocenters. The highest BCUT2D eigenvalue weighted by atomic mass is 16.4. The number of carbonyl (C=O) groups excluding carboxylic acids is 2. The number of nitrogens with one attached hydrogen (secondary N) is 1. The molecule has 96 valence electrons. The van der Waals surface area contributed by atoms with Crippen molar-refractivity contribution < 1.29 is 19.1 Å². The SMILES string of the molecule is O=C([O-])C(=Cc1ccco1)NC(=O)c1ccccc1. The minimum absolute atomic E-state index is 0.313. The Kier molecular flexibility index (Phi) is 3.78. The quantitative estimate of drug-likeness (QED) is 0.820. The van der Waals surface area contributed by atoms with Crippen LogP contribution in [0, 0.1) is 0 Å². The summed E-state index contributed by atoms with van der Waals surface area (Å²) in [4.78, 5) is 22.8. The van der Waals surface area contributed by atoms with E-state index in [-0.39, 0.29) is 5.70 Å². The zero-order chi connectivity index (χ0) is 13.7. The Balaban J connectivity index is 2.19. The van der Waals surface area contributed by atoms with Crippen molar-refractivity contribution >= 4 is 18.0 Å². The second-order valence-corrected chi connectivity index (χ2v) is 3.68. The largest absolute Gasteiger partial charge is 0.543 e. The lowest BCUT2D eigenvalue weighted by atomic mass is 10.2. The van der Waals surface area contributed by atoms with Gasteiger partial charge in [0.1, 0.15) is 5.76 Å². The Morgan fingerprint density at radius 3 is 2.42 bits per heavy atom. The van der Waals surface area contributed by atoms with E-state index in [0.717, 1.165) is 0 Å². The summed E-state index contributed by atoms with van der Waals surface area (Å²) in [5, 5.41) is 13.2. The molecule has 0 saturated heterocycles. The van der Waals surface area contributed by atoms with Crippen LogP contribution in [-0.2, 0) is 4.79 Å². The van der Waals surface area contributed by atoms with E-state index in [1.165, 1.54) is 12.3 Å². The predicted octanol–water partition coefficient (Wildman–Crippen LogP) is 0.800. The van der Waals surface area contributed by atoms with E-state index in [1.807, 2.05) is 0 Å². The third kappa shape index (κ3) is 3.32. The Hall–Kier alpha value is -2.82. The van der Waals surface area contributed by atoms with Crippen LogP contribution in [0.15, 0.2) is 58.8 Å². The van der Waals surface area contributed by atoms with E-state index in [0.29, 0.717) is 11.3 Å². The number of furan rings is 1. The third-order valence-corrected chi connectivity index (χ3v) is 2.33. The van der Waals surface area contributed by atoms with Gasteiger partial charge in [-0.15, -0.1) is 0 Å². The fraction of sp³-hybridized carbons (Fsp3) is 0. The summed E-state index contributed by atoms with van der Waals surface area (Å²) in [7, 11) is 0. The van der Waals surface area contributed by atoms with Gasteiger partial charge in [-0.05, 0) is 24.3 Å². The van der Waals surface area contributed by atoms with E-state index in [1.54, 1.807) is 42.5 Å². The summed E-state index contributed by atoms with van der Waals surface area (Å²) >= 11 is 0. The topological polar surface area (TPSA) is 82.4 Å². The molecule has 0 aliphatic rings. The first kappa shape index (κ1) is 12.6. The van der Waals surface area contributed by atoms with Gasteiger partial charge in [-0.1, -0.05) is 18.2 Å². The molecule has 0 spiro atoms. The van der Waals surface area contributed by atoms with Crippen LogP contribution in [0.2, 0.25) is 0 Å². The van der Waals surface area contributed by atoms with Gasteiger partial charge in [-0.3, -0.25) is 4.79 Å². The Morgan fingerprint density at radius 1 is 1.11 bits per heavy atom. The molecule has 0 bridgehead atoms. The summed E-state index contributed by atoms with van der Waals surface area (Å²) in [6.45, 7) is 0. The van der Waals surface area contributed by atoms with Crippen molar-refractivity contribution in [3.05, 3.63) is 65.7 Å². The van der Waals surface area contributed by atoms with E-state index in [2.05, 4.69) is 5.32 Å². The number of carbonyl (C=O) groups is 2. The van der Waals surface area contributed by atoms with Crippen molar-refractivity contribution in [1.29, 1.82) is 0 Å². The first-order valence-electron chi connectivity index (χ1n) is 5.50. The minimum Gasteiger partial charge on any atom is -0.543 e. The smallest absolute Gasteiger partial charge is 0.255 e. The number of amides is 1. The van der Waals surface area contributed by atoms with Gasteiger partial charge in [0.2, 0.25) is 0 Å². The molecule has 1 aromatic heterocycles. The molecule has 2 aromatic rings. The van der Waals surface area contributed by atoms with Gasteiger partial charge in [-0.25, -0.2) is 0 Å². The van der Waals surface area contributed by atoms with Gasteiger partial charge in [-0.2, -0.15) is 0 Å². The Morgan fingerprint density at radius 2 is 1.84 bits per heavy atom. The van der Waals surface area contributed by atoms with Crippen molar-refractivity contribution in [3.8, 4) is 0 Å². The number of carboxylic acids is 1. The third-order valence-electron chi connectivity index (χ3n) is 2.33. The van der Waals surface area contributed by atoms with Gasteiger partial charge >= 0.3 is 0 Å². The Bertz CT molecular complexity index is 600. The molecule has 1 heterocycles. The maximum Gasteiger partial charge on any atom is 0.255 e. The van der Waals surface area contributed by atoms with Crippen LogP contribution < -0.4 is 10.4 Å². The maximum atomic E-state index is 11.8. The molecule has 1 N–H and O–H groups in total. The standard InChI is InChI=1S/C14H11NO4/c16-13(10-5-2-1-3-6-10)15-12(14(17)18)9-11-7-4-8-19-11/h1-9H,(H,15,16)(H,17,18)/p-1. The van der Waals surface area contributed by atoms with E-state index in [9.17, 15) is 14.7 Å². The molecule has 0 aliphatic heterocycles. The highest BCUT2D eigenvalue weighted by Crippen LogP contribution is 2.06. The number of carboxylic acid groups (broad SMARTS) is 1. The molecular weight excluding hydrogens is 246 g/mol. The lowest BCUT2D eigenvalue weighted by Gasteiger charge is -2.10. The molecular formula is C14H10NO4-. The molecule has 5 heteroatoms. The van der Waals surface area contributed by atoms with Crippen molar-refractivity contribution in [2.45, 2.75) is 0 Å². The summed E-state index contributed by atoms with van der Waals surface area (Å²) in [6.07, 6.45) is 2.59. The second kappa shape index (κ2) is 5.68. The van der Waals surface area contributed by atoms with Crippen LogP contribution in [0.4, 0.5) is 0 Å². The molecule has 0 fully saturated rings. The summed E-state index contributed by atoms with van der Waals surface area (Å²) < 4.78 is 4.98. The predicted molar refractivity (Wildman–Crippen MR) is 65.6 cm³/mol. The van der Waals surface area contributed by atoms with E-state index in [4.69, 9.17) is 4.42 Å². The van der Waals surface area contributed by atoms with Gasteiger partial charge in [0.15, 0.2) is 0 Å². The van der Waals surface area contributed by atoms with Gasteiger partial charge < -0.3 is 19.6 Å². The fourth-order valence-electron chi connectivity index (χ4n) is 1.45. The molecule has 1 amide bonds. The number of benzene rings is 1. The molecule has 0 atom stereocenters. The number of hydrogen-bond donors (Lipinski definition) is 1. The van der Waals surface area contributed by atoms with Gasteiger partial charge in [0, 0.05) is 11.6 Å². The summed E-state index contributed by atoms with van der Waals surface area (Å²) in [5.74, 6) is -1.70. The van der Waals surface area contributed by atoms with E-state index < -0.39 is 11.9 Å². The first-order chi connectivity index (χ1) is 9.16. The maximum absolute atomic E-state index is 11.8. The molecule has 0 aliphatic carbocycles. The number of aliphatic carboxylic acids is 1. The highest BCUT2D eigenvalue weighted by molar-refractivity contribution is 6.01. The average molecular weight is 256 g/mol. The van der Waals surface area contributed by atoms with Crippen molar-refractivity contribution in [3.63, 3.8) is 0 Å². The van der Waals surface area contributed by atoms with Crippen LogP contribution >= 0.6 is 0 Å².